The van der Waals surface area contributed by atoms with Crippen molar-refractivity contribution in [1.29, 1.82) is 0 Å². The number of rotatable bonds is 4. The molecule has 1 aromatic rings. The van der Waals surface area contributed by atoms with E-state index in [0.29, 0.717) is 13.1 Å². The number of guanidine groups is 1. The summed E-state index contributed by atoms with van der Waals surface area (Å²) < 4.78 is 0. The minimum Gasteiger partial charge on any atom is -0.357 e. The molecule has 0 saturated heterocycles. The first-order valence-corrected chi connectivity index (χ1v) is 5.95. The predicted molar refractivity (Wildman–Crippen MR) is 83.9 cm³/mol. The second-order valence-electron chi connectivity index (χ2n) is 3.12. The van der Waals surface area contributed by atoms with E-state index in [1.807, 2.05) is 20.0 Å². The smallest absolute Gasteiger partial charge is 0.192 e. The maximum Gasteiger partial charge on any atom is 0.192 e. The van der Waals surface area contributed by atoms with E-state index in [0.717, 1.165) is 17.5 Å². The molecule has 1 heterocycles. The number of halogens is 1. The Labute approximate surface area is 123 Å². The van der Waals surface area contributed by atoms with Crippen LogP contribution in [-0.2, 0) is 6.54 Å². The average molecular weight is 364 g/mol. The van der Waals surface area contributed by atoms with Crippen LogP contribution in [0.3, 0.4) is 0 Å². The highest BCUT2D eigenvalue weighted by molar-refractivity contribution is 14.0. The molecule has 0 bridgehead atoms. The third kappa shape index (κ3) is 6.48. The van der Waals surface area contributed by atoms with Gasteiger partial charge in [0.2, 0.25) is 0 Å². The van der Waals surface area contributed by atoms with Gasteiger partial charge in [0.1, 0.15) is 5.01 Å². The van der Waals surface area contributed by atoms with Gasteiger partial charge in [-0.05, 0) is 13.8 Å². The summed E-state index contributed by atoms with van der Waals surface area (Å²) in [6.07, 6.45) is 7.04. The van der Waals surface area contributed by atoms with E-state index in [1.165, 1.54) is 4.88 Å². The van der Waals surface area contributed by atoms with Crippen LogP contribution in [0.5, 0.6) is 0 Å². The van der Waals surface area contributed by atoms with Crippen LogP contribution in [-0.4, -0.2) is 24.0 Å². The summed E-state index contributed by atoms with van der Waals surface area (Å²) in [6, 6.07) is 0. The lowest BCUT2D eigenvalue weighted by molar-refractivity contribution is 0.863. The molecule has 0 saturated carbocycles. The van der Waals surface area contributed by atoms with E-state index in [1.54, 1.807) is 11.3 Å². The number of nitrogens with zero attached hydrogens (tertiary/aromatic N) is 2. The molecule has 0 radical (unpaired) electrons. The van der Waals surface area contributed by atoms with Crippen molar-refractivity contribution in [3.05, 3.63) is 16.1 Å². The van der Waals surface area contributed by atoms with E-state index in [4.69, 9.17) is 6.42 Å². The molecule has 0 atom stereocenters. The standard InChI is InChI=1S/C11H16N4S.HI/c1-4-6-13-11(12-5-2)15-8-10-14-7-9(3)16-10;/h1,7H,5-6,8H2,2-3H3,(H2,12,13,15);1H. The fourth-order valence-electron chi connectivity index (χ4n) is 1.10. The topological polar surface area (TPSA) is 49.3 Å². The van der Waals surface area contributed by atoms with Crippen LogP contribution in [0.25, 0.3) is 0 Å². The Morgan fingerprint density at radius 2 is 2.35 bits per heavy atom. The normalized spacial score (nSPS) is 10.3. The van der Waals surface area contributed by atoms with Crippen LogP contribution >= 0.6 is 35.3 Å². The van der Waals surface area contributed by atoms with Crippen LogP contribution in [0.4, 0.5) is 0 Å². The van der Waals surface area contributed by atoms with Gasteiger partial charge in [0, 0.05) is 17.6 Å². The number of hydrogen-bond donors (Lipinski definition) is 2. The van der Waals surface area contributed by atoms with Crippen LogP contribution in [0.1, 0.15) is 16.8 Å². The van der Waals surface area contributed by atoms with Crippen molar-refractivity contribution >= 4 is 41.3 Å². The molecule has 0 unspecified atom stereocenters. The third-order valence-corrected chi connectivity index (χ3v) is 2.64. The summed E-state index contributed by atoms with van der Waals surface area (Å²) in [5.41, 5.74) is 0. The zero-order valence-corrected chi connectivity index (χ0v) is 13.1. The minimum atomic E-state index is 0. The molecule has 0 aliphatic carbocycles. The average Bonchev–Trinajstić information content (AvgIpc) is 2.68. The van der Waals surface area contributed by atoms with E-state index >= 15 is 0 Å². The summed E-state index contributed by atoms with van der Waals surface area (Å²) in [7, 11) is 0. The molecule has 2 N–H and O–H groups in total. The molecule has 4 nitrogen and oxygen atoms in total. The molecular formula is C11H17IN4S. The van der Waals surface area contributed by atoms with Gasteiger partial charge < -0.3 is 10.6 Å². The predicted octanol–water partition coefficient (Wildman–Crippen LogP) is 1.76. The van der Waals surface area contributed by atoms with Crippen LogP contribution < -0.4 is 10.6 Å². The SMILES string of the molecule is C#CCNC(=NCc1ncc(C)s1)NCC.I. The van der Waals surface area contributed by atoms with E-state index in [2.05, 4.69) is 26.5 Å². The van der Waals surface area contributed by atoms with Gasteiger partial charge in [-0.1, -0.05) is 5.92 Å². The molecule has 0 aliphatic rings. The van der Waals surface area contributed by atoms with Gasteiger partial charge in [-0.3, -0.25) is 0 Å². The number of aromatic nitrogens is 1. The van der Waals surface area contributed by atoms with Crippen molar-refractivity contribution in [2.75, 3.05) is 13.1 Å². The Balaban J connectivity index is 0.00000256. The number of aryl methyl sites for hydroxylation is 1. The first-order chi connectivity index (χ1) is 7.76. The third-order valence-electron chi connectivity index (χ3n) is 1.74. The van der Waals surface area contributed by atoms with Crippen molar-refractivity contribution < 1.29 is 0 Å². The maximum atomic E-state index is 5.18. The van der Waals surface area contributed by atoms with Gasteiger partial charge in [0.25, 0.3) is 0 Å². The monoisotopic (exact) mass is 364 g/mol. The van der Waals surface area contributed by atoms with Gasteiger partial charge >= 0.3 is 0 Å². The van der Waals surface area contributed by atoms with E-state index in [9.17, 15) is 0 Å². The molecule has 1 aromatic heterocycles. The Morgan fingerprint density at radius 3 is 2.88 bits per heavy atom. The molecular weight excluding hydrogens is 347 g/mol. The van der Waals surface area contributed by atoms with Crippen LogP contribution in [0, 0.1) is 19.3 Å². The van der Waals surface area contributed by atoms with E-state index < -0.39 is 0 Å². The fourth-order valence-corrected chi connectivity index (χ4v) is 1.81. The summed E-state index contributed by atoms with van der Waals surface area (Å²) >= 11 is 1.66. The Bertz CT molecular complexity index is 394. The number of nitrogens with one attached hydrogen (secondary N) is 2. The number of aliphatic imine (C=N–C) groups is 1. The van der Waals surface area contributed by atoms with Crippen molar-refractivity contribution in [2.24, 2.45) is 4.99 Å². The molecule has 6 heteroatoms. The highest BCUT2D eigenvalue weighted by Crippen LogP contribution is 2.11. The Morgan fingerprint density at radius 1 is 1.59 bits per heavy atom. The first kappa shape index (κ1) is 16.2. The van der Waals surface area contributed by atoms with Gasteiger partial charge in [-0.2, -0.15) is 0 Å². The second-order valence-corrected chi connectivity index (χ2v) is 4.44. The zero-order valence-electron chi connectivity index (χ0n) is 9.99. The molecule has 17 heavy (non-hydrogen) atoms. The fraction of sp³-hybridized carbons (Fsp3) is 0.455. The lowest BCUT2D eigenvalue weighted by atomic mass is 10.6. The molecule has 0 spiro atoms. The molecule has 0 amide bonds. The summed E-state index contributed by atoms with van der Waals surface area (Å²) in [6.45, 7) is 5.92. The summed E-state index contributed by atoms with van der Waals surface area (Å²) in [4.78, 5) is 9.83. The largest absolute Gasteiger partial charge is 0.357 e. The quantitative estimate of drug-likeness (QED) is 0.371. The molecule has 1 rings (SSSR count). The molecule has 0 aromatic carbocycles. The highest BCUT2D eigenvalue weighted by atomic mass is 127. The van der Waals surface area contributed by atoms with Crippen molar-refractivity contribution in [3.8, 4) is 12.3 Å². The van der Waals surface area contributed by atoms with Crippen molar-refractivity contribution in [2.45, 2.75) is 20.4 Å². The number of terminal acetylenes is 1. The first-order valence-electron chi connectivity index (χ1n) is 5.13. The Kier molecular flexibility index (Phi) is 8.80. The van der Waals surface area contributed by atoms with Crippen molar-refractivity contribution in [3.63, 3.8) is 0 Å². The van der Waals surface area contributed by atoms with Gasteiger partial charge in [-0.25, -0.2) is 9.98 Å². The van der Waals surface area contributed by atoms with Gasteiger partial charge in [-0.15, -0.1) is 41.7 Å². The maximum absolute atomic E-state index is 5.18. The lowest BCUT2D eigenvalue weighted by Crippen LogP contribution is -2.37. The van der Waals surface area contributed by atoms with E-state index in [-0.39, 0.29) is 24.0 Å². The lowest BCUT2D eigenvalue weighted by Gasteiger charge is -2.07. The van der Waals surface area contributed by atoms with Crippen LogP contribution in [0.15, 0.2) is 11.2 Å². The molecule has 0 fully saturated rings. The molecule has 0 aliphatic heterocycles. The van der Waals surface area contributed by atoms with Gasteiger partial charge in [0.15, 0.2) is 5.96 Å². The van der Waals surface area contributed by atoms with Crippen molar-refractivity contribution in [1.82, 2.24) is 15.6 Å². The highest BCUT2D eigenvalue weighted by Gasteiger charge is 1.99. The van der Waals surface area contributed by atoms with Gasteiger partial charge in [0.05, 0.1) is 13.1 Å². The number of thiazole rings is 1. The summed E-state index contributed by atoms with van der Waals surface area (Å²) in [5, 5.41) is 7.15. The summed E-state index contributed by atoms with van der Waals surface area (Å²) in [5.74, 6) is 3.24. The Hall–Kier alpha value is -0.810. The van der Waals surface area contributed by atoms with Crippen LogP contribution in [0.2, 0.25) is 0 Å². The molecule has 94 valence electrons. The number of hydrogen-bond acceptors (Lipinski definition) is 3. The second kappa shape index (κ2) is 9.24. The minimum absolute atomic E-state index is 0. The zero-order chi connectivity index (χ0) is 11.8.